The Morgan fingerprint density at radius 1 is 0.810 bits per heavy atom. The van der Waals surface area contributed by atoms with Gasteiger partial charge in [-0.1, -0.05) is 66.7 Å². The van der Waals surface area contributed by atoms with Crippen LogP contribution >= 0.6 is 0 Å². The maximum atomic E-state index is 12.7. The Balaban J connectivity index is 0.000000211. The Hall–Kier alpha value is -4.33. The van der Waals surface area contributed by atoms with Crippen molar-refractivity contribution in [3.8, 4) is 0 Å². The molecule has 1 atom stereocenters. The van der Waals surface area contributed by atoms with E-state index in [0.717, 1.165) is 60.0 Å². The molecule has 1 fully saturated rings. The van der Waals surface area contributed by atoms with Crippen LogP contribution in [0.5, 0.6) is 0 Å². The summed E-state index contributed by atoms with van der Waals surface area (Å²) in [5.41, 5.74) is 4.02. The number of fused-ring (bicyclic) bond motifs is 2. The summed E-state index contributed by atoms with van der Waals surface area (Å²) in [7, 11) is 3.51. The molecule has 42 heavy (non-hydrogen) atoms. The Morgan fingerprint density at radius 3 is 2.02 bits per heavy atom. The molecule has 0 amide bonds. The molecule has 3 heterocycles. The molecule has 216 valence electrons. The van der Waals surface area contributed by atoms with Crippen molar-refractivity contribution >= 4 is 28.1 Å². The third kappa shape index (κ3) is 6.43. The minimum absolute atomic E-state index is 0.0773. The fourth-order valence-corrected chi connectivity index (χ4v) is 5.89. The lowest BCUT2D eigenvalue weighted by Crippen LogP contribution is -2.32. The minimum Gasteiger partial charge on any atom is -0.381 e. The van der Waals surface area contributed by atoms with Crippen LogP contribution in [-0.2, 0) is 25.4 Å². The van der Waals surface area contributed by atoms with E-state index in [1.54, 1.807) is 17.7 Å². The Kier molecular flexibility index (Phi) is 9.41. The molecule has 0 aliphatic carbocycles. The SMILES string of the molecule is Cn1c(=O)c(C=O)cc2ccccc21.Cn1c(=O)c(CNCC(c2ccccc2)C2CCOCC2)cc2ccccc21. The number of nitrogens with zero attached hydrogens (tertiary/aromatic N) is 2. The average molecular weight is 564 g/mol. The molecule has 0 radical (unpaired) electrons. The number of rotatable bonds is 7. The summed E-state index contributed by atoms with van der Waals surface area (Å²) < 4.78 is 8.80. The standard InChI is InChI=1S/C24H28N2O2.C11H9NO2/c1-26-23-10-6-5-9-20(23)15-21(24(26)27)16-25-17-22(18-7-3-2-4-8-18)19-11-13-28-14-12-19;1-12-10-5-3-2-4-8(10)6-9(7-13)11(12)14/h2-10,15,19,22,25H,11-14,16-17H2,1H3;2-7H,1H3. The van der Waals surface area contributed by atoms with E-state index < -0.39 is 0 Å². The molecule has 2 aromatic heterocycles. The molecule has 0 bridgehead atoms. The van der Waals surface area contributed by atoms with Crippen molar-refractivity contribution in [1.82, 2.24) is 14.5 Å². The molecule has 0 spiro atoms. The van der Waals surface area contributed by atoms with Gasteiger partial charge in [0, 0.05) is 46.0 Å². The predicted octanol–water partition coefficient (Wildman–Crippen LogP) is 5.19. The maximum Gasteiger partial charge on any atom is 0.261 e. The first-order valence-corrected chi connectivity index (χ1v) is 14.4. The van der Waals surface area contributed by atoms with Crippen molar-refractivity contribution < 1.29 is 9.53 Å². The molecule has 7 nitrogen and oxygen atoms in total. The third-order valence-corrected chi connectivity index (χ3v) is 8.24. The summed E-state index contributed by atoms with van der Waals surface area (Å²) in [6, 6.07) is 29.9. The van der Waals surface area contributed by atoms with E-state index in [1.165, 1.54) is 10.1 Å². The number of carbonyl (C=O) groups is 1. The van der Waals surface area contributed by atoms with E-state index >= 15 is 0 Å². The lowest BCUT2D eigenvalue weighted by Gasteiger charge is -2.31. The summed E-state index contributed by atoms with van der Waals surface area (Å²) in [4.78, 5) is 34.9. The van der Waals surface area contributed by atoms with Crippen LogP contribution in [0, 0.1) is 5.92 Å². The van der Waals surface area contributed by atoms with Gasteiger partial charge in [0.15, 0.2) is 6.29 Å². The summed E-state index contributed by atoms with van der Waals surface area (Å²) in [5.74, 6) is 1.05. The quantitative estimate of drug-likeness (QED) is 0.276. The molecule has 3 aromatic carbocycles. The van der Waals surface area contributed by atoms with Gasteiger partial charge in [0.25, 0.3) is 11.1 Å². The van der Waals surface area contributed by atoms with E-state index in [9.17, 15) is 14.4 Å². The molecule has 1 N–H and O–H groups in total. The molecule has 1 aliphatic heterocycles. The first kappa shape index (κ1) is 29.2. The number of aryl methyl sites for hydroxylation is 2. The van der Waals surface area contributed by atoms with Crippen LogP contribution in [0.4, 0.5) is 0 Å². The van der Waals surface area contributed by atoms with E-state index in [-0.39, 0.29) is 16.7 Å². The first-order chi connectivity index (χ1) is 20.5. The van der Waals surface area contributed by atoms with Gasteiger partial charge < -0.3 is 19.2 Å². The van der Waals surface area contributed by atoms with Gasteiger partial charge in [0.2, 0.25) is 0 Å². The Labute approximate surface area is 245 Å². The molecule has 1 unspecified atom stereocenters. The van der Waals surface area contributed by atoms with Crippen LogP contribution in [-0.4, -0.2) is 35.2 Å². The van der Waals surface area contributed by atoms with E-state index in [4.69, 9.17) is 4.74 Å². The highest BCUT2D eigenvalue weighted by atomic mass is 16.5. The zero-order chi connectivity index (χ0) is 29.5. The van der Waals surface area contributed by atoms with Crippen molar-refractivity contribution in [2.45, 2.75) is 25.3 Å². The second-order valence-electron chi connectivity index (χ2n) is 10.8. The lowest BCUT2D eigenvalue weighted by atomic mass is 9.81. The van der Waals surface area contributed by atoms with E-state index in [2.05, 4.69) is 41.7 Å². The van der Waals surface area contributed by atoms with Crippen molar-refractivity contribution in [2.24, 2.45) is 20.0 Å². The number of hydrogen-bond donors (Lipinski definition) is 1. The molecular formula is C35H37N3O4. The van der Waals surface area contributed by atoms with E-state index in [0.29, 0.717) is 24.7 Å². The van der Waals surface area contributed by atoms with Crippen LogP contribution in [0.25, 0.3) is 21.8 Å². The van der Waals surface area contributed by atoms with Gasteiger partial charge in [-0.15, -0.1) is 0 Å². The number of ether oxygens (including phenoxy) is 1. The maximum absolute atomic E-state index is 12.7. The van der Waals surface area contributed by atoms with Gasteiger partial charge >= 0.3 is 0 Å². The summed E-state index contributed by atoms with van der Waals surface area (Å²) in [6.07, 6.45) is 2.78. The highest BCUT2D eigenvalue weighted by molar-refractivity contribution is 5.86. The fraction of sp³-hybridized carbons (Fsp3) is 0.286. The number of carbonyl (C=O) groups excluding carboxylic acids is 1. The highest BCUT2D eigenvalue weighted by Crippen LogP contribution is 2.31. The van der Waals surface area contributed by atoms with Crippen LogP contribution in [0.1, 0.15) is 40.2 Å². The number of hydrogen-bond acceptors (Lipinski definition) is 5. The van der Waals surface area contributed by atoms with Crippen molar-refractivity contribution in [2.75, 3.05) is 19.8 Å². The van der Waals surface area contributed by atoms with Crippen LogP contribution in [0.3, 0.4) is 0 Å². The topological polar surface area (TPSA) is 82.3 Å². The molecule has 7 heteroatoms. The molecule has 1 aliphatic rings. The number of benzene rings is 3. The summed E-state index contributed by atoms with van der Waals surface area (Å²) in [5, 5.41) is 5.58. The molecule has 1 saturated heterocycles. The lowest BCUT2D eigenvalue weighted by molar-refractivity contribution is 0.0576. The summed E-state index contributed by atoms with van der Waals surface area (Å²) >= 11 is 0. The fourth-order valence-electron chi connectivity index (χ4n) is 5.89. The number of nitrogens with one attached hydrogen (secondary N) is 1. The Bertz CT molecular complexity index is 1790. The molecule has 5 aromatic rings. The van der Waals surface area contributed by atoms with Gasteiger partial charge in [-0.25, -0.2) is 0 Å². The van der Waals surface area contributed by atoms with Crippen LogP contribution in [0.2, 0.25) is 0 Å². The zero-order valence-electron chi connectivity index (χ0n) is 24.2. The monoisotopic (exact) mass is 563 g/mol. The molecular weight excluding hydrogens is 526 g/mol. The van der Waals surface area contributed by atoms with Gasteiger partial charge in [-0.05, 0) is 65.3 Å². The second kappa shape index (κ2) is 13.6. The molecule has 6 rings (SSSR count). The summed E-state index contributed by atoms with van der Waals surface area (Å²) in [6.45, 7) is 3.15. The number of para-hydroxylation sites is 2. The largest absolute Gasteiger partial charge is 0.381 e. The minimum atomic E-state index is -0.251. The Morgan fingerprint density at radius 2 is 1.38 bits per heavy atom. The smallest absolute Gasteiger partial charge is 0.261 e. The van der Waals surface area contributed by atoms with Crippen LogP contribution < -0.4 is 16.4 Å². The van der Waals surface area contributed by atoms with Crippen molar-refractivity contribution in [3.63, 3.8) is 0 Å². The van der Waals surface area contributed by atoms with E-state index in [1.807, 2.05) is 55.6 Å². The van der Waals surface area contributed by atoms with Gasteiger partial charge in [0.1, 0.15) is 0 Å². The van der Waals surface area contributed by atoms with Gasteiger partial charge in [0.05, 0.1) is 16.6 Å². The predicted molar refractivity (Wildman–Crippen MR) is 168 cm³/mol. The third-order valence-electron chi connectivity index (χ3n) is 8.24. The van der Waals surface area contributed by atoms with Crippen molar-refractivity contribution in [1.29, 1.82) is 0 Å². The zero-order valence-corrected chi connectivity index (χ0v) is 24.2. The van der Waals surface area contributed by atoms with Gasteiger partial charge in [-0.2, -0.15) is 0 Å². The normalized spacial score (nSPS) is 14.3. The second-order valence-corrected chi connectivity index (χ2v) is 10.8. The van der Waals surface area contributed by atoms with Gasteiger partial charge in [-0.3, -0.25) is 14.4 Å². The first-order valence-electron chi connectivity index (χ1n) is 14.4. The number of aromatic nitrogens is 2. The number of pyridine rings is 2. The average Bonchev–Trinajstić information content (AvgIpc) is 3.04. The number of aldehydes is 1. The molecule has 0 saturated carbocycles. The highest BCUT2D eigenvalue weighted by Gasteiger charge is 2.25. The van der Waals surface area contributed by atoms with Crippen LogP contribution in [0.15, 0.2) is 101 Å². The van der Waals surface area contributed by atoms with Crippen molar-refractivity contribution in [3.05, 3.63) is 128 Å².